The van der Waals surface area contributed by atoms with Gasteiger partial charge in [0.1, 0.15) is 5.25 Å². The zero-order valence-corrected chi connectivity index (χ0v) is 14.2. The fraction of sp³-hybridized carbons (Fsp3) is 0.462. The third-order valence-electron chi connectivity index (χ3n) is 3.17. The maximum atomic E-state index is 12.5. The first kappa shape index (κ1) is 17.0. The zero-order valence-electron chi connectivity index (χ0n) is 11.8. The summed E-state index contributed by atoms with van der Waals surface area (Å²) in [6.07, 6.45) is 0. The molecule has 1 atom stereocenters. The van der Waals surface area contributed by atoms with E-state index in [1.807, 2.05) is 13.8 Å². The topological polar surface area (TPSA) is 80.5 Å². The van der Waals surface area contributed by atoms with E-state index in [0.29, 0.717) is 17.6 Å². The number of anilines is 1. The molecule has 0 saturated carbocycles. The number of benzene rings is 1. The summed E-state index contributed by atoms with van der Waals surface area (Å²) in [6, 6.07) is 4.59. The average Bonchev–Trinajstić information content (AvgIpc) is 2.41. The molecule has 112 valence electrons. The molecule has 5 nitrogen and oxygen atoms in total. The number of amides is 1. The monoisotopic (exact) mass is 362 g/mol. The molecule has 0 aliphatic rings. The van der Waals surface area contributed by atoms with E-state index in [1.165, 1.54) is 24.0 Å². The van der Waals surface area contributed by atoms with Crippen LogP contribution in [0.4, 0.5) is 5.69 Å². The van der Waals surface area contributed by atoms with Crippen molar-refractivity contribution in [3.63, 3.8) is 0 Å². The second-order valence-electron chi connectivity index (χ2n) is 4.38. The van der Waals surface area contributed by atoms with E-state index in [0.717, 1.165) is 0 Å². The SMILES string of the molecule is CCN(CC)C(=O)C(C)S(=O)(=O)c1cc(Br)ccc1N. The number of hydrogen-bond acceptors (Lipinski definition) is 4. The largest absolute Gasteiger partial charge is 0.398 e. The molecule has 7 heteroatoms. The van der Waals surface area contributed by atoms with Crippen LogP contribution in [-0.2, 0) is 14.6 Å². The van der Waals surface area contributed by atoms with Crippen molar-refractivity contribution in [3.05, 3.63) is 22.7 Å². The molecule has 2 N–H and O–H groups in total. The molecule has 20 heavy (non-hydrogen) atoms. The van der Waals surface area contributed by atoms with Crippen LogP contribution in [0.5, 0.6) is 0 Å². The number of nitrogens with two attached hydrogens (primary N) is 1. The number of hydrogen-bond donors (Lipinski definition) is 1. The number of rotatable bonds is 5. The van der Waals surface area contributed by atoms with E-state index in [-0.39, 0.29) is 10.6 Å². The summed E-state index contributed by atoms with van der Waals surface area (Å²) in [7, 11) is -3.80. The normalized spacial score (nSPS) is 13.0. The van der Waals surface area contributed by atoms with Gasteiger partial charge in [0.05, 0.1) is 10.6 Å². The Labute approximate surface area is 128 Å². The standard InChI is InChI=1S/C13H19BrN2O3S/c1-4-16(5-2)13(17)9(3)20(18,19)12-8-10(14)6-7-11(12)15/h6-9H,4-5,15H2,1-3H3. The molecule has 1 aromatic rings. The highest BCUT2D eigenvalue weighted by Gasteiger charge is 2.33. The molecule has 1 rings (SSSR count). The van der Waals surface area contributed by atoms with E-state index in [1.54, 1.807) is 6.07 Å². The molecule has 0 aromatic heterocycles. The van der Waals surface area contributed by atoms with Crippen molar-refractivity contribution in [2.45, 2.75) is 30.9 Å². The van der Waals surface area contributed by atoms with E-state index in [9.17, 15) is 13.2 Å². The second kappa shape index (κ2) is 6.58. The number of nitrogens with zero attached hydrogens (tertiary/aromatic N) is 1. The van der Waals surface area contributed by atoms with Gasteiger partial charge in [-0.05, 0) is 39.0 Å². The number of sulfone groups is 1. The lowest BCUT2D eigenvalue weighted by molar-refractivity contribution is -0.130. The van der Waals surface area contributed by atoms with Crippen LogP contribution < -0.4 is 5.73 Å². The fourth-order valence-electron chi connectivity index (χ4n) is 1.87. The Hall–Kier alpha value is -1.08. The molecule has 0 fully saturated rings. The Morgan fingerprint density at radius 1 is 1.35 bits per heavy atom. The lowest BCUT2D eigenvalue weighted by Crippen LogP contribution is -2.41. The zero-order chi connectivity index (χ0) is 15.5. The lowest BCUT2D eigenvalue weighted by Gasteiger charge is -2.23. The summed E-state index contributed by atoms with van der Waals surface area (Å²) >= 11 is 3.22. The Bertz CT molecular complexity index is 598. The Morgan fingerprint density at radius 2 is 1.90 bits per heavy atom. The van der Waals surface area contributed by atoms with Crippen molar-refractivity contribution in [2.75, 3.05) is 18.8 Å². The molecule has 0 heterocycles. The van der Waals surface area contributed by atoms with Crippen LogP contribution in [0.15, 0.2) is 27.6 Å². The summed E-state index contributed by atoms with van der Waals surface area (Å²) in [6.45, 7) is 5.98. The van der Waals surface area contributed by atoms with Crippen molar-refractivity contribution >= 4 is 37.4 Å². The van der Waals surface area contributed by atoms with E-state index >= 15 is 0 Å². The van der Waals surface area contributed by atoms with Gasteiger partial charge < -0.3 is 10.6 Å². The molecule has 0 aliphatic carbocycles. The maximum Gasteiger partial charge on any atom is 0.240 e. The van der Waals surface area contributed by atoms with Crippen LogP contribution in [0.1, 0.15) is 20.8 Å². The fourth-order valence-corrected chi connectivity index (χ4v) is 3.87. The first-order chi connectivity index (χ1) is 9.25. The van der Waals surface area contributed by atoms with Crippen LogP contribution in [0.2, 0.25) is 0 Å². The van der Waals surface area contributed by atoms with Crippen LogP contribution in [0.3, 0.4) is 0 Å². The number of carbonyl (C=O) groups excluding carboxylic acids is 1. The van der Waals surface area contributed by atoms with Crippen molar-refractivity contribution in [2.24, 2.45) is 0 Å². The summed E-state index contributed by atoms with van der Waals surface area (Å²) in [4.78, 5) is 13.7. The van der Waals surface area contributed by atoms with Crippen LogP contribution in [0.25, 0.3) is 0 Å². The molecule has 1 unspecified atom stereocenters. The third-order valence-corrected chi connectivity index (χ3v) is 5.76. The maximum absolute atomic E-state index is 12.5. The minimum Gasteiger partial charge on any atom is -0.398 e. The number of halogens is 1. The second-order valence-corrected chi connectivity index (χ2v) is 7.53. The van der Waals surface area contributed by atoms with Crippen molar-refractivity contribution < 1.29 is 13.2 Å². The molecule has 0 aliphatic heterocycles. The number of carbonyl (C=O) groups is 1. The van der Waals surface area contributed by atoms with Gasteiger partial charge in [-0.2, -0.15) is 0 Å². The van der Waals surface area contributed by atoms with Crippen LogP contribution in [-0.4, -0.2) is 37.6 Å². The molecule has 0 saturated heterocycles. The van der Waals surface area contributed by atoms with Gasteiger partial charge in [0, 0.05) is 17.6 Å². The summed E-state index contributed by atoms with van der Waals surface area (Å²) in [5.41, 5.74) is 5.88. The third kappa shape index (κ3) is 3.32. The smallest absolute Gasteiger partial charge is 0.240 e. The first-order valence-corrected chi connectivity index (χ1v) is 8.67. The van der Waals surface area contributed by atoms with Gasteiger partial charge in [0.15, 0.2) is 9.84 Å². The van der Waals surface area contributed by atoms with Gasteiger partial charge in [-0.3, -0.25) is 4.79 Å². The highest BCUT2D eigenvalue weighted by atomic mass is 79.9. The van der Waals surface area contributed by atoms with Gasteiger partial charge >= 0.3 is 0 Å². The predicted octanol–water partition coefficient (Wildman–Crippen LogP) is 2.06. The van der Waals surface area contributed by atoms with Crippen LogP contribution in [0, 0.1) is 0 Å². The van der Waals surface area contributed by atoms with E-state index in [2.05, 4.69) is 15.9 Å². The Kier molecular flexibility index (Phi) is 5.59. The first-order valence-electron chi connectivity index (χ1n) is 6.33. The highest BCUT2D eigenvalue weighted by molar-refractivity contribution is 9.10. The predicted molar refractivity (Wildman–Crippen MR) is 83.1 cm³/mol. The number of nitrogen functional groups attached to an aromatic ring is 1. The van der Waals surface area contributed by atoms with Crippen LogP contribution >= 0.6 is 15.9 Å². The summed E-state index contributed by atoms with van der Waals surface area (Å²) < 4.78 is 25.7. The van der Waals surface area contributed by atoms with Gasteiger partial charge in [0.2, 0.25) is 5.91 Å². The van der Waals surface area contributed by atoms with Gasteiger partial charge in [-0.15, -0.1) is 0 Å². The minimum absolute atomic E-state index is 0.0140. The minimum atomic E-state index is -3.80. The summed E-state index contributed by atoms with van der Waals surface area (Å²) in [5.74, 6) is -0.408. The highest BCUT2D eigenvalue weighted by Crippen LogP contribution is 2.27. The van der Waals surface area contributed by atoms with Gasteiger partial charge in [-0.1, -0.05) is 15.9 Å². The quantitative estimate of drug-likeness (QED) is 0.812. The van der Waals surface area contributed by atoms with E-state index in [4.69, 9.17) is 5.73 Å². The lowest BCUT2D eigenvalue weighted by atomic mass is 10.3. The summed E-state index contributed by atoms with van der Waals surface area (Å²) in [5, 5.41) is -1.15. The van der Waals surface area contributed by atoms with Crippen molar-refractivity contribution in [1.29, 1.82) is 0 Å². The Morgan fingerprint density at radius 3 is 2.40 bits per heavy atom. The molecule has 0 radical (unpaired) electrons. The molecule has 1 aromatic carbocycles. The van der Waals surface area contributed by atoms with Gasteiger partial charge in [0.25, 0.3) is 0 Å². The Balaban J connectivity index is 3.22. The van der Waals surface area contributed by atoms with Crippen molar-refractivity contribution in [1.82, 2.24) is 4.90 Å². The molecular weight excluding hydrogens is 344 g/mol. The van der Waals surface area contributed by atoms with Gasteiger partial charge in [-0.25, -0.2) is 8.42 Å². The molecular formula is C13H19BrN2O3S. The van der Waals surface area contributed by atoms with E-state index < -0.39 is 21.0 Å². The average molecular weight is 363 g/mol. The molecule has 0 bridgehead atoms. The molecule has 0 spiro atoms. The van der Waals surface area contributed by atoms with Crippen molar-refractivity contribution in [3.8, 4) is 0 Å². The molecule has 1 amide bonds.